The summed E-state index contributed by atoms with van der Waals surface area (Å²) >= 11 is 4.53. The molecule has 0 spiro atoms. The van der Waals surface area contributed by atoms with Gasteiger partial charge in [0.1, 0.15) is 0 Å². The van der Waals surface area contributed by atoms with E-state index in [1.165, 1.54) is 0 Å². The monoisotopic (exact) mass is 190 g/mol. The zero-order valence-electron chi connectivity index (χ0n) is 6.65. The summed E-state index contributed by atoms with van der Waals surface area (Å²) in [5.41, 5.74) is 1.63. The highest BCUT2D eigenvalue weighted by molar-refractivity contribution is 7.80. The fraction of sp³-hybridized carbons (Fsp3) is 0. The van der Waals surface area contributed by atoms with Crippen molar-refractivity contribution in [3.05, 3.63) is 30.1 Å². The van der Waals surface area contributed by atoms with Crippen molar-refractivity contribution in [2.75, 3.05) is 0 Å². The first kappa shape index (κ1) is 8.07. The van der Waals surface area contributed by atoms with Gasteiger partial charge in [-0.25, -0.2) is 4.98 Å². The normalized spacial score (nSPS) is 10.2. The van der Waals surface area contributed by atoms with Gasteiger partial charge in [-0.05, 0) is 12.1 Å². The van der Waals surface area contributed by atoms with Gasteiger partial charge in [-0.15, -0.1) is 0 Å². The second-order valence-electron chi connectivity index (χ2n) is 2.58. The summed E-state index contributed by atoms with van der Waals surface area (Å²) in [5, 5.41) is 1.08. The molecule has 2 rings (SSSR count). The number of carbonyl (C=O) groups excluding carboxylic acids is 1. The lowest BCUT2D eigenvalue weighted by atomic mass is 10.3. The maximum Gasteiger partial charge on any atom is 0.231 e. The summed E-state index contributed by atoms with van der Waals surface area (Å²) in [6.45, 7) is 0. The van der Waals surface area contributed by atoms with Crippen LogP contribution in [0.2, 0.25) is 0 Å². The molecule has 2 aromatic rings. The van der Waals surface area contributed by atoms with Gasteiger partial charge in [0.15, 0.2) is 5.82 Å². The maximum atomic E-state index is 11.1. The molecule has 0 saturated heterocycles. The Morgan fingerprint density at radius 1 is 1.46 bits per heavy atom. The number of aromatic nitrogens is 2. The van der Waals surface area contributed by atoms with E-state index >= 15 is 0 Å². The molecule has 13 heavy (non-hydrogen) atoms. The van der Waals surface area contributed by atoms with E-state index in [1.807, 2.05) is 24.3 Å². The van der Waals surface area contributed by atoms with Crippen molar-refractivity contribution in [1.82, 2.24) is 9.97 Å². The van der Waals surface area contributed by atoms with Crippen LogP contribution < -0.4 is 0 Å². The van der Waals surface area contributed by atoms with Crippen molar-refractivity contribution >= 4 is 34.4 Å². The topological polar surface area (TPSA) is 45.8 Å². The Labute approximate surface area is 79.8 Å². The number of fused-ring (bicyclic) bond motifs is 1. The van der Waals surface area contributed by atoms with Crippen LogP contribution in [0.3, 0.4) is 0 Å². The number of benzene rings is 1. The number of nitrogens with zero attached hydrogens (tertiary/aromatic N) is 1. The predicted molar refractivity (Wildman–Crippen MR) is 54.1 cm³/mol. The van der Waals surface area contributed by atoms with Gasteiger partial charge in [0, 0.05) is 0 Å². The molecule has 4 heteroatoms. The van der Waals surface area contributed by atoms with Gasteiger partial charge < -0.3 is 4.98 Å². The number of nitrogens with one attached hydrogen (secondary N) is 1. The van der Waals surface area contributed by atoms with E-state index in [2.05, 4.69) is 22.2 Å². The number of thiocarbonyl (C=S) groups is 1. The minimum atomic E-state index is -0.258. The van der Waals surface area contributed by atoms with E-state index in [-0.39, 0.29) is 5.78 Å². The summed E-state index contributed by atoms with van der Waals surface area (Å²) in [6, 6.07) is 7.45. The first-order chi connectivity index (χ1) is 6.31. The van der Waals surface area contributed by atoms with Crippen molar-refractivity contribution in [3.8, 4) is 0 Å². The third-order valence-electron chi connectivity index (χ3n) is 1.73. The van der Waals surface area contributed by atoms with E-state index in [4.69, 9.17) is 0 Å². The number of imidazole rings is 1. The molecule has 0 bridgehead atoms. The Morgan fingerprint density at radius 3 is 2.92 bits per heavy atom. The standard InChI is InChI=1S/C9H6N2OS/c12-8(5-13)9-10-6-3-1-2-4-7(6)11-9/h1-5H,(H,10,11). The van der Waals surface area contributed by atoms with Crippen molar-refractivity contribution < 1.29 is 4.79 Å². The van der Waals surface area contributed by atoms with Gasteiger partial charge in [0.25, 0.3) is 0 Å². The van der Waals surface area contributed by atoms with E-state index in [1.54, 1.807) is 0 Å². The Kier molecular flexibility index (Phi) is 1.90. The molecule has 0 aliphatic rings. The van der Waals surface area contributed by atoms with Crippen LogP contribution in [-0.4, -0.2) is 21.1 Å². The van der Waals surface area contributed by atoms with Crippen molar-refractivity contribution in [1.29, 1.82) is 0 Å². The Morgan fingerprint density at radius 2 is 2.23 bits per heavy atom. The molecule has 0 amide bonds. The quantitative estimate of drug-likeness (QED) is 0.579. The smallest absolute Gasteiger partial charge is 0.231 e. The van der Waals surface area contributed by atoms with Crippen molar-refractivity contribution in [2.24, 2.45) is 0 Å². The third kappa shape index (κ3) is 1.36. The molecule has 0 atom stereocenters. The summed E-state index contributed by atoms with van der Waals surface area (Å²) in [4.78, 5) is 18.1. The molecule has 1 aromatic heterocycles. The van der Waals surface area contributed by atoms with Crippen LogP contribution in [0.25, 0.3) is 11.0 Å². The summed E-state index contributed by atoms with van der Waals surface area (Å²) in [7, 11) is 0. The second kappa shape index (κ2) is 3.06. The molecule has 0 aliphatic heterocycles. The Bertz CT molecular complexity index is 442. The van der Waals surface area contributed by atoms with Crippen LogP contribution in [0.15, 0.2) is 24.3 Å². The fourth-order valence-electron chi connectivity index (χ4n) is 1.13. The van der Waals surface area contributed by atoms with Gasteiger partial charge in [-0.3, -0.25) is 4.79 Å². The van der Waals surface area contributed by atoms with Crippen LogP contribution >= 0.6 is 12.2 Å². The molecule has 3 nitrogen and oxygen atoms in total. The molecule has 1 N–H and O–H groups in total. The van der Waals surface area contributed by atoms with E-state index in [0.29, 0.717) is 5.82 Å². The van der Waals surface area contributed by atoms with Crippen molar-refractivity contribution in [2.45, 2.75) is 0 Å². The molecular weight excluding hydrogens is 184 g/mol. The number of carbonyl (C=O) groups is 1. The lowest BCUT2D eigenvalue weighted by molar-refractivity contribution is 0.106. The molecule has 0 fully saturated rings. The highest BCUT2D eigenvalue weighted by atomic mass is 32.1. The molecule has 64 valence electrons. The van der Waals surface area contributed by atoms with E-state index in [9.17, 15) is 4.79 Å². The third-order valence-corrected chi connectivity index (χ3v) is 1.94. The molecule has 0 unspecified atom stereocenters. The number of hydrogen-bond donors (Lipinski definition) is 1. The largest absolute Gasteiger partial charge is 0.335 e. The van der Waals surface area contributed by atoms with Gasteiger partial charge in [-0.1, -0.05) is 24.4 Å². The predicted octanol–water partition coefficient (Wildman–Crippen LogP) is 1.75. The van der Waals surface area contributed by atoms with Gasteiger partial charge in [0.2, 0.25) is 5.78 Å². The maximum absolute atomic E-state index is 11.1. The van der Waals surface area contributed by atoms with Crippen molar-refractivity contribution in [3.63, 3.8) is 0 Å². The average Bonchev–Trinajstić information content (AvgIpc) is 2.59. The molecule has 0 aliphatic carbocycles. The minimum absolute atomic E-state index is 0.258. The lowest BCUT2D eigenvalue weighted by Gasteiger charge is -1.82. The number of Topliss-reactive ketones (excluding diaryl/α,β-unsaturated/α-hetero) is 1. The van der Waals surface area contributed by atoms with E-state index < -0.39 is 0 Å². The van der Waals surface area contributed by atoms with Crippen LogP contribution in [0.1, 0.15) is 10.6 Å². The Hall–Kier alpha value is -1.55. The Balaban J connectivity index is 2.62. The number of hydrogen-bond acceptors (Lipinski definition) is 3. The van der Waals surface area contributed by atoms with Crippen LogP contribution in [0.5, 0.6) is 0 Å². The molecule has 1 heterocycles. The highest BCUT2D eigenvalue weighted by Crippen LogP contribution is 2.09. The average molecular weight is 190 g/mol. The summed E-state index contributed by atoms with van der Waals surface area (Å²) in [5.74, 6) is 0.0439. The molecule has 0 radical (unpaired) electrons. The fourth-order valence-corrected chi connectivity index (χ4v) is 1.24. The number of aromatic amines is 1. The number of H-pyrrole nitrogens is 1. The molecule has 1 aromatic carbocycles. The minimum Gasteiger partial charge on any atom is -0.335 e. The summed E-state index contributed by atoms with van der Waals surface area (Å²) < 4.78 is 0. The SMILES string of the molecule is O=C(C=S)c1nc2ccccc2[nH]1. The van der Waals surface area contributed by atoms with Gasteiger partial charge in [0.05, 0.1) is 16.4 Å². The first-order valence-corrected chi connectivity index (χ1v) is 4.22. The zero-order valence-corrected chi connectivity index (χ0v) is 7.47. The molecular formula is C9H6N2OS. The first-order valence-electron chi connectivity index (χ1n) is 3.75. The van der Waals surface area contributed by atoms with Gasteiger partial charge >= 0.3 is 0 Å². The number of para-hydroxylation sites is 2. The zero-order chi connectivity index (χ0) is 9.26. The highest BCUT2D eigenvalue weighted by Gasteiger charge is 2.07. The van der Waals surface area contributed by atoms with E-state index in [0.717, 1.165) is 16.4 Å². The van der Waals surface area contributed by atoms with Crippen LogP contribution in [0.4, 0.5) is 0 Å². The second-order valence-corrected chi connectivity index (χ2v) is 2.82. The van der Waals surface area contributed by atoms with Crippen LogP contribution in [-0.2, 0) is 0 Å². The number of rotatable bonds is 2. The summed E-state index contributed by atoms with van der Waals surface area (Å²) in [6.07, 6.45) is 0. The molecule has 0 saturated carbocycles. The number of ketones is 1. The van der Waals surface area contributed by atoms with Gasteiger partial charge in [-0.2, -0.15) is 0 Å². The van der Waals surface area contributed by atoms with Crippen LogP contribution in [0, 0.1) is 0 Å². The lowest BCUT2D eigenvalue weighted by Crippen LogP contribution is -2.00.